The van der Waals surface area contributed by atoms with Crippen LogP contribution >= 0.6 is 0 Å². The van der Waals surface area contributed by atoms with Crippen molar-refractivity contribution in [3.05, 3.63) is 47.5 Å². The summed E-state index contributed by atoms with van der Waals surface area (Å²) in [6.07, 6.45) is 4.06. The van der Waals surface area contributed by atoms with Gasteiger partial charge in [-0.05, 0) is 55.7 Å². The van der Waals surface area contributed by atoms with Crippen LogP contribution in [0.1, 0.15) is 60.4 Å². The van der Waals surface area contributed by atoms with Crippen LogP contribution in [0.15, 0.2) is 36.4 Å². The van der Waals surface area contributed by atoms with Gasteiger partial charge < -0.3 is 34.7 Å². The molecule has 36 heavy (non-hydrogen) atoms. The lowest BCUT2D eigenvalue weighted by Gasteiger charge is -2.37. The van der Waals surface area contributed by atoms with Gasteiger partial charge in [-0.25, -0.2) is 0 Å². The number of aliphatic hydroxyl groups excluding tert-OH is 1. The van der Waals surface area contributed by atoms with Crippen molar-refractivity contribution in [3.8, 4) is 17.2 Å². The van der Waals surface area contributed by atoms with Crippen molar-refractivity contribution in [3.63, 3.8) is 0 Å². The van der Waals surface area contributed by atoms with Crippen molar-refractivity contribution in [1.82, 2.24) is 5.32 Å². The molecular formula is C27H30N2O7. The van der Waals surface area contributed by atoms with Gasteiger partial charge in [-0.3, -0.25) is 9.59 Å². The van der Waals surface area contributed by atoms with E-state index in [0.717, 1.165) is 31.2 Å². The number of nitrogens with one attached hydrogen (secondary N) is 2. The standard InChI is InChI=1S/C27H30N2O7/c30-13-24-26-20(11-18(35-24)12-25(31)28-16-3-1-2-4-16)19-10-17(6-8-21(19)36-26)29-27(32)15-5-7-22-23(9-15)34-14-33-22/h5-10,16,18,20,24,26,30H,1-4,11-14H2,(H,28,31)(H,29,32)/t18-,20+,24-,26-/m1/s1. The van der Waals surface area contributed by atoms with Crippen molar-refractivity contribution < 1.29 is 33.6 Å². The van der Waals surface area contributed by atoms with E-state index >= 15 is 0 Å². The second-order valence-corrected chi connectivity index (χ2v) is 9.93. The lowest BCUT2D eigenvalue weighted by atomic mass is 9.84. The summed E-state index contributed by atoms with van der Waals surface area (Å²) in [5, 5.41) is 16.1. The van der Waals surface area contributed by atoms with Crippen molar-refractivity contribution >= 4 is 17.5 Å². The van der Waals surface area contributed by atoms with E-state index in [9.17, 15) is 14.7 Å². The maximum Gasteiger partial charge on any atom is 0.255 e. The van der Waals surface area contributed by atoms with E-state index in [4.69, 9.17) is 18.9 Å². The second-order valence-electron chi connectivity index (χ2n) is 9.93. The maximum absolute atomic E-state index is 12.9. The van der Waals surface area contributed by atoms with Crippen LogP contribution in [0.4, 0.5) is 5.69 Å². The zero-order valence-electron chi connectivity index (χ0n) is 19.9. The number of ether oxygens (including phenoxy) is 4. The van der Waals surface area contributed by atoms with Gasteiger partial charge in [-0.2, -0.15) is 0 Å². The molecule has 2 aromatic rings. The quantitative estimate of drug-likeness (QED) is 0.565. The number of carbonyl (C=O) groups is 2. The topological polar surface area (TPSA) is 115 Å². The predicted molar refractivity (Wildman–Crippen MR) is 129 cm³/mol. The van der Waals surface area contributed by atoms with Gasteiger partial charge in [0.05, 0.1) is 19.1 Å². The average molecular weight is 495 g/mol. The molecule has 2 aromatic carbocycles. The van der Waals surface area contributed by atoms with E-state index in [-0.39, 0.29) is 55.8 Å². The van der Waals surface area contributed by atoms with Gasteiger partial charge >= 0.3 is 0 Å². The smallest absolute Gasteiger partial charge is 0.255 e. The molecule has 6 rings (SSSR count). The van der Waals surface area contributed by atoms with Gasteiger partial charge in [0, 0.05) is 28.8 Å². The highest BCUT2D eigenvalue weighted by molar-refractivity contribution is 6.04. The molecule has 1 saturated heterocycles. The van der Waals surface area contributed by atoms with Crippen LogP contribution in [0.2, 0.25) is 0 Å². The molecule has 3 aliphatic heterocycles. The van der Waals surface area contributed by atoms with Crippen LogP contribution in [0.3, 0.4) is 0 Å². The van der Waals surface area contributed by atoms with Gasteiger partial charge in [0.25, 0.3) is 5.91 Å². The molecule has 2 fully saturated rings. The van der Waals surface area contributed by atoms with Gasteiger partial charge in [0.2, 0.25) is 12.7 Å². The van der Waals surface area contributed by atoms with Crippen LogP contribution in [-0.2, 0) is 9.53 Å². The van der Waals surface area contributed by atoms with E-state index in [1.54, 1.807) is 24.3 Å². The summed E-state index contributed by atoms with van der Waals surface area (Å²) in [7, 11) is 0. The molecule has 1 saturated carbocycles. The monoisotopic (exact) mass is 494 g/mol. The molecule has 2 amide bonds. The molecule has 4 aliphatic rings. The van der Waals surface area contributed by atoms with Crippen LogP contribution in [0.5, 0.6) is 17.2 Å². The highest BCUT2D eigenvalue weighted by Gasteiger charge is 2.46. The Hall–Kier alpha value is -3.30. The number of carbonyl (C=O) groups excluding carboxylic acids is 2. The number of rotatable bonds is 6. The molecule has 1 aliphatic carbocycles. The summed E-state index contributed by atoms with van der Waals surface area (Å²) in [6, 6.07) is 10.9. The Morgan fingerprint density at radius 1 is 1.00 bits per heavy atom. The summed E-state index contributed by atoms with van der Waals surface area (Å²) in [5.74, 6) is 1.57. The number of hydrogen-bond acceptors (Lipinski definition) is 7. The molecule has 0 spiro atoms. The molecule has 0 radical (unpaired) electrons. The first kappa shape index (κ1) is 23.1. The molecule has 9 nitrogen and oxygen atoms in total. The Morgan fingerprint density at radius 3 is 2.64 bits per heavy atom. The normalized spacial score (nSPS) is 26.1. The summed E-state index contributed by atoms with van der Waals surface area (Å²) in [6.45, 7) is -0.0425. The van der Waals surface area contributed by atoms with Gasteiger partial charge in [-0.1, -0.05) is 12.8 Å². The maximum atomic E-state index is 12.9. The van der Waals surface area contributed by atoms with Crippen molar-refractivity contribution in [2.45, 2.75) is 68.8 Å². The largest absolute Gasteiger partial charge is 0.487 e. The number of anilines is 1. The number of aliphatic hydroxyl groups is 1. The number of fused-ring (bicyclic) bond motifs is 4. The third kappa shape index (κ3) is 4.49. The Kier molecular flexibility index (Phi) is 6.18. The molecule has 190 valence electrons. The zero-order chi connectivity index (χ0) is 24.6. The van der Waals surface area contributed by atoms with E-state index in [1.165, 1.54) is 0 Å². The van der Waals surface area contributed by atoms with E-state index < -0.39 is 6.10 Å². The molecule has 9 heteroatoms. The Balaban J connectivity index is 1.16. The lowest BCUT2D eigenvalue weighted by Crippen LogP contribution is -2.47. The van der Waals surface area contributed by atoms with E-state index in [2.05, 4.69) is 10.6 Å². The number of hydrogen-bond donors (Lipinski definition) is 3. The van der Waals surface area contributed by atoms with Gasteiger partial charge in [-0.15, -0.1) is 0 Å². The lowest BCUT2D eigenvalue weighted by molar-refractivity contribution is -0.142. The molecule has 0 bridgehead atoms. The molecule has 0 aromatic heterocycles. The zero-order valence-corrected chi connectivity index (χ0v) is 19.9. The summed E-state index contributed by atoms with van der Waals surface area (Å²) in [4.78, 5) is 25.5. The van der Waals surface area contributed by atoms with Crippen molar-refractivity contribution in [1.29, 1.82) is 0 Å². The van der Waals surface area contributed by atoms with Gasteiger partial charge in [0.15, 0.2) is 11.5 Å². The first-order valence-corrected chi connectivity index (χ1v) is 12.6. The second kappa shape index (κ2) is 9.63. The Bertz CT molecular complexity index is 1160. The summed E-state index contributed by atoms with van der Waals surface area (Å²) < 4.78 is 22.9. The third-order valence-corrected chi connectivity index (χ3v) is 7.53. The fourth-order valence-corrected chi connectivity index (χ4v) is 5.77. The first-order valence-electron chi connectivity index (χ1n) is 12.6. The van der Waals surface area contributed by atoms with Gasteiger partial charge in [0.1, 0.15) is 18.0 Å². The molecular weight excluding hydrogens is 464 g/mol. The Morgan fingerprint density at radius 2 is 1.81 bits per heavy atom. The fourth-order valence-electron chi connectivity index (χ4n) is 5.77. The minimum Gasteiger partial charge on any atom is -0.487 e. The highest BCUT2D eigenvalue weighted by atomic mass is 16.7. The van der Waals surface area contributed by atoms with E-state index in [0.29, 0.717) is 34.9 Å². The fraction of sp³-hybridized carbons (Fsp3) is 0.481. The predicted octanol–water partition coefficient (Wildman–Crippen LogP) is 3.11. The van der Waals surface area contributed by atoms with Crippen molar-refractivity contribution in [2.75, 3.05) is 18.7 Å². The summed E-state index contributed by atoms with van der Waals surface area (Å²) >= 11 is 0. The minimum atomic E-state index is -0.521. The minimum absolute atomic E-state index is 0.00841. The van der Waals surface area contributed by atoms with Crippen LogP contribution in [0.25, 0.3) is 0 Å². The van der Waals surface area contributed by atoms with Crippen LogP contribution < -0.4 is 24.8 Å². The number of benzene rings is 2. The number of amides is 2. The van der Waals surface area contributed by atoms with Crippen LogP contribution in [-0.4, -0.2) is 54.7 Å². The molecule has 4 atom stereocenters. The molecule has 3 N–H and O–H groups in total. The highest BCUT2D eigenvalue weighted by Crippen LogP contribution is 2.47. The average Bonchev–Trinajstić information content (AvgIpc) is 3.63. The molecule has 0 unspecified atom stereocenters. The third-order valence-electron chi connectivity index (χ3n) is 7.53. The van der Waals surface area contributed by atoms with Crippen LogP contribution in [0, 0.1) is 0 Å². The summed E-state index contributed by atoms with van der Waals surface area (Å²) in [5.41, 5.74) is 2.06. The van der Waals surface area contributed by atoms with E-state index in [1.807, 2.05) is 12.1 Å². The SMILES string of the molecule is O=C(C[C@H]1C[C@H]2c3cc(NC(=O)c4ccc5c(c4)OCO5)ccc3O[C@H]2[C@@H](CO)O1)NC1CCCC1. The first-order chi connectivity index (χ1) is 17.6. The molecule has 3 heterocycles. The Labute approximate surface area is 209 Å². The van der Waals surface area contributed by atoms with Crippen molar-refractivity contribution in [2.24, 2.45) is 0 Å².